The molecule has 0 radical (unpaired) electrons. The third-order valence-corrected chi connectivity index (χ3v) is 5.66. The first kappa shape index (κ1) is 20.0. The molecule has 4 heterocycles. The van der Waals surface area contributed by atoms with Crippen LogP contribution in [0.5, 0.6) is 0 Å². The number of anilines is 2. The lowest BCUT2D eigenvalue weighted by atomic mass is 10.3. The number of nitrogens with zero attached hydrogens (tertiary/aromatic N) is 8. The van der Waals surface area contributed by atoms with Gasteiger partial charge in [-0.15, -0.1) is 0 Å². The monoisotopic (exact) mass is 430 g/mol. The highest BCUT2D eigenvalue weighted by Gasteiger charge is 2.26. The second kappa shape index (κ2) is 8.31. The Morgan fingerprint density at radius 2 is 1.42 bits per heavy atom. The van der Waals surface area contributed by atoms with Crippen LogP contribution in [0, 0.1) is 0 Å². The fraction of sp³-hybridized carbons (Fsp3) is 0.500. The second-order valence-corrected chi connectivity index (χ2v) is 7.72. The van der Waals surface area contributed by atoms with E-state index in [4.69, 9.17) is 9.72 Å². The van der Waals surface area contributed by atoms with Gasteiger partial charge in [-0.2, -0.15) is 15.0 Å². The van der Waals surface area contributed by atoms with Crippen molar-refractivity contribution in [3.05, 3.63) is 30.1 Å². The molecule has 0 atom stereocenters. The van der Waals surface area contributed by atoms with E-state index >= 15 is 0 Å². The molecule has 31 heavy (non-hydrogen) atoms. The van der Waals surface area contributed by atoms with Crippen molar-refractivity contribution < 1.29 is 13.5 Å². The zero-order chi connectivity index (χ0) is 21.4. The predicted octanol–water partition coefficient (Wildman–Crippen LogP) is 1.74. The molecule has 1 aromatic carbocycles. The number of rotatable bonds is 4. The minimum Gasteiger partial charge on any atom is -0.378 e. The lowest BCUT2D eigenvalue weighted by Gasteiger charge is -2.33. The number of piperazine rings is 1. The maximum absolute atomic E-state index is 13.9. The summed E-state index contributed by atoms with van der Waals surface area (Å²) in [6, 6.07) is 7.03. The van der Waals surface area contributed by atoms with Gasteiger partial charge in [-0.25, -0.2) is 13.8 Å². The van der Waals surface area contributed by atoms with Crippen LogP contribution < -0.4 is 9.80 Å². The van der Waals surface area contributed by atoms with E-state index in [9.17, 15) is 8.78 Å². The highest BCUT2D eigenvalue weighted by Crippen LogP contribution is 2.28. The number of likely N-dealkylation sites (N-methyl/N-ethyl adjacent to an activating group) is 1. The van der Waals surface area contributed by atoms with Gasteiger partial charge in [0, 0.05) is 39.3 Å². The number of ether oxygens (including phenoxy) is 1. The first-order valence-corrected chi connectivity index (χ1v) is 10.4. The van der Waals surface area contributed by atoms with Crippen LogP contribution in [-0.4, -0.2) is 88.9 Å². The quantitative estimate of drug-likeness (QED) is 0.620. The van der Waals surface area contributed by atoms with Crippen LogP contribution in [0.25, 0.3) is 17.0 Å². The Morgan fingerprint density at radius 1 is 0.806 bits per heavy atom. The highest BCUT2D eigenvalue weighted by molar-refractivity contribution is 5.77. The van der Waals surface area contributed by atoms with E-state index in [0.29, 0.717) is 49.2 Å². The molecule has 2 aliphatic rings. The Balaban J connectivity index is 1.65. The number of halogens is 2. The number of alkyl halides is 2. The maximum atomic E-state index is 13.9. The minimum atomic E-state index is -2.76. The van der Waals surface area contributed by atoms with Gasteiger partial charge in [-0.05, 0) is 19.2 Å². The minimum absolute atomic E-state index is 0.161. The summed E-state index contributed by atoms with van der Waals surface area (Å²) in [7, 11) is 2.07. The number of fused-ring (bicyclic) bond motifs is 1. The average molecular weight is 430 g/mol. The fourth-order valence-electron chi connectivity index (χ4n) is 3.90. The van der Waals surface area contributed by atoms with E-state index in [0.717, 1.165) is 26.2 Å². The van der Waals surface area contributed by atoms with Crippen LogP contribution in [0.3, 0.4) is 0 Å². The van der Waals surface area contributed by atoms with Gasteiger partial charge < -0.3 is 19.4 Å². The number of morpholine rings is 1. The van der Waals surface area contributed by atoms with Crippen LogP contribution in [0.4, 0.5) is 20.7 Å². The molecule has 11 heteroatoms. The van der Waals surface area contributed by atoms with Gasteiger partial charge in [0.15, 0.2) is 5.82 Å². The summed E-state index contributed by atoms with van der Waals surface area (Å²) in [5, 5.41) is 0. The van der Waals surface area contributed by atoms with Gasteiger partial charge in [0.05, 0.1) is 24.2 Å². The Morgan fingerprint density at radius 3 is 2.10 bits per heavy atom. The van der Waals surface area contributed by atoms with Crippen LogP contribution >= 0.6 is 0 Å². The molecule has 0 aliphatic carbocycles. The fourth-order valence-corrected chi connectivity index (χ4v) is 3.90. The van der Waals surface area contributed by atoms with E-state index in [2.05, 4.69) is 31.8 Å². The van der Waals surface area contributed by atoms with Crippen LogP contribution in [-0.2, 0) is 4.74 Å². The van der Waals surface area contributed by atoms with Crippen molar-refractivity contribution in [1.29, 1.82) is 0 Å². The normalized spacial score (nSPS) is 18.3. The molecule has 2 aliphatic heterocycles. The molecular weight excluding hydrogens is 406 g/mol. The zero-order valence-electron chi connectivity index (χ0n) is 17.3. The van der Waals surface area contributed by atoms with Crippen LogP contribution in [0.2, 0.25) is 0 Å². The lowest BCUT2D eigenvalue weighted by Crippen LogP contribution is -2.45. The predicted molar refractivity (Wildman–Crippen MR) is 112 cm³/mol. The van der Waals surface area contributed by atoms with Gasteiger partial charge in [-0.3, -0.25) is 4.57 Å². The Bertz CT molecular complexity index is 1060. The first-order chi connectivity index (χ1) is 15.1. The molecular formula is C20H24F2N8O. The largest absolute Gasteiger partial charge is 0.378 e. The molecule has 2 aromatic heterocycles. The van der Waals surface area contributed by atoms with Crippen molar-refractivity contribution in [2.24, 2.45) is 0 Å². The molecule has 9 nitrogen and oxygen atoms in total. The molecule has 0 amide bonds. The van der Waals surface area contributed by atoms with Crippen molar-refractivity contribution in [2.75, 3.05) is 69.3 Å². The molecule has 3 aromatic rings. The maximum Gasteiger partial charge on any atom is 0.296 e. The lowest BCUT2D eigenvalue weighted by molar-refractivity contribution is 0.122. The average Bonchev–Trinajstić information content (AvgIpc) is 3.20. The third kappa shape index (κ3) is 3.90. The molecule has 0 N–H and O–H groups in total. The molecule has 0 spiro atoms. The van der Waals surface area contributed by atoms with Crippen molar-refractivity contribution in [3.63, 3.8) is 0 Å². The Labute approximate surface area is 178 Å². The number of hydrogen-bond donors (Lipinski definition) is 0. The highest BCUT2D eigenvalue weighted by atomic mass is 19.3. The van der Waals surface area contributed by atoms with Crippen molar-refractivity contribution in [3.8, 4) is 5.95 Å². The summed E-state index contributed by atoms with van der Waals surface area (Å²) in [5.74, 6) is 0.761. The SMILES string of the molecule is CN1CCN(c2nc(N3CCOCC3)nc(-n3c(C(F)F)nc4ccccc43)n2)CC1. The first-order valence-electron chi connectivity index (χ1n) is 10.4. The third-order valence-electron chi connectivity index (χ3n) is 5.66. The summed E-state index contributed by atoms with van der Waals surface area (Å²) < 4.78 is 34.6. The standard InChI is InChI=1S/C20H24F2N8O/c1-27-6-8-28(9-7-27)18-24-19(29-10-12-31-13-11-29)26-20(25-18)30-15-5-3-2-4-14(15)23-17(30)16(21)22/h2-5,16H,6-13H2,1H3. The van der Waals surface area contributed by atoms with E-state index in [1.807, 2.05) is 4.90 Å². The van der Waals surface area contributed by atoms with Gasteiger partial charge in [0.2, 0.25) is 17.8 Å². The molecule has 0 unspecified atom stereocenters. The molecule has 5 rings (SSSR count). The van der Waals surface area contributed by atoms with Gasteiger partial charge >= 0.3 is 0 Å². The Hall–Kier alpha value is -2.92. The van der Waals surface area contributed by atoms with Gasteiger partial charge in [0.25, 0.3) is 6.43 Å². The zero-order valence-corrected chi connectivity index (χ0v) is 17.3. The summed E-state index contributed by atoms with van der Waals surface area (Å²) in [6.07, 6.45) is -2.76. The molecule has 0 bridgehead atoms. The van der Waals surface area contributed by atoms with Crippen molar-refractivity contribution in [1.82, 2.24) is 29.4 Å². The van der Waals surface area contributed by atoms with E-state index in [1.165, 1.54) is 4.57 Å². The molecule has 164 valence electrons. The van der Waals surface area contributed by atoms with Crippen LogP contribution in [0.1, 0.15) is 12.2 Å². The topological polar surface area (TPSA) is 75.4 Å². The van der Waals surface area contributed by atoms with E-state index < -0.39 is 6.43 Å². The van der Waals surface area contributed by atoms with E-state index in [1.54, 1.807) is 24.3 Å². The summed E-state index contributed by atoms with van der Waals surface area (Å²) in [5.41, 5.74) is 1.02. The van der Waals surface area contributed by atoms with Crippen molar-refractivity contribution >= 4 is 22.9 Å². The summed E-state index contributed by atoms with van der Waals surface area (Å²) in [6.45, 7) is 5.69. The number of para-hydroxylation sites is 2. The molecule has 2 fully saturated rings. The summed E-state index contributed by atoms with van der Waals surface area (Å²) in [4.78, 5) is 24.4. The van der Waals surface area contributed by atoms with E-state index in [-0.39, 0.29) is 11.8 Å². The number of hydrogen-bond acceptors (Lipinski definition) is 8. The van der Waals surface area contributed by atoms with Crippen LogP contribution in [0.15, 0.2) is 24.3 Å². The number of aromatic nitrogens is 5. The van der Waals surface area contributed by atoms with Crippen molar-refractivity contribution in [2.45, 2.75) is 6.43 Å². The smallest absolute Gasteiger partial charge is 0.296 e. The number of benzene rings is 1. The Kier molecular flexibility index (Phi) is 5.36. The molecule has 2 saturated heterocycles. The number of imidazole rings is 1. The van der Waals surface area contributed by atoms with Gasteiger partial charge in [-0.1, -0.05) is 12.1 Å². The summed E-state index contributed by atoms with van der Waals surface area (Å²) >= 11 is 0. The van der Waals surface area contributed by atoms with Gasteiger partial charge in [0.1, 0.15) is 0 Å². The second-order valence-electron chi connectivity index (χ2n) is 7.72. The molecule has 0 saturated carbocycles.